The lowest BCUT2D eigenvalue weighted by molar-refractivity contribution is 0.0917. The average molecular weight is 288 g/mol. The smallest absolute Gasteiger partial charge is 0.107 e. The van der Waals surface area contributed by atoms with Crippen LogP contribution in [0.4, 0.5) is 0 Å². The number of thiazole rings is 1. The summed E-state index contributed by atoms with van der Waals surface area (Å²) in [7, 11) is 0. The van der Waals surface area contributed by atoms with Gasteiger partial charge in [-0.2, -0.15) is 0 Å². The van der Waals surface area contributed by atoms with E-state index in [1.54, 1.807) is 11.3 Å². The van der Waals surface area contributed by atoms with Gasteiger partial charge >= 0.3 is 0 Å². The highest BCUT2D eigenvalue weighted by Crippen LogP contribution is 2.54. The lowest BCUT2D eigenvalue weighted by Crippen LogP contribution is -2.28. The van der Waals surface area contributed by atoms with Gasteiger partial charge in [-0.1, -0.05) is 30.3 Å². The molecule has 1 heterocycles. The molecule has 1 atom stereocenters. The molecular weight excluding hydrogens is 268 g/mol. The van der Waals surface area contributed by atoms with Crippen LogP contribution in [0.2, 0.25) is 0 Å². The zero-order chi connectivity index (χ0) is 14.0. The van der Waals surface area contributed by atoms with E-state index in [9.17, 15) is 5.11 Å². The number of aromatic nitrogens is 1. The first-order valence-electron chi connectivity index (χ1n) is 7.04. The van der Waals surface area contributed by atoms with Crippen LogP contribution in [0.25, 0.3) is 0 Å². The number of nitrogens with zero attached hydrogens (tertiary/aromatic N) is 1. The lowest BCUT2D eigenvalue weighted by Gasteiger charge is -2.23. The molecule has 1 fully saturated rings. The second-order valence-corrected chi connectivity index (χ2v) is 6.60. The van der Waals surface area contributed by atoms with Gasteiger partial charge in [-0.15, -0.1) is 11.3 Å². The van der Waals surface area contributed by atoms with E-state index in [2.05, 4.69) is 15.7 Å². The SMILES string of the molecule is Cc1csc(CNCC2(C(O)c3ccccc3)CC2)n1. The van der Waals surface area contributed by atoms with E-state index < -0.39 is 0 Å². The number of rotatable bonds is 6. The van der Waals surface area contributed by atoms with Gasteiger partial charge in [0.15, 0.2) is 0 Å². The summed E-state index contributed by atoms with van der Waals surface area (Å²) in [5.74, 6) is 0. The molecule has 2 aromatic rings. The summed E-state index contributed by atoms with van der Waals surface area (Å²) in [5.41, 5.74) is 2.13. The summed E-state index contributed by atoms with van der Waals surface area (Å²) < 4.78 is 0. The van der Waals surface area contributed by atoms with E-state index in [4.69, 9.17) is 0 Å². The Kier molecular flexibility index (Phi) is 3.87. The molecule has 3 nitrogen and oxygen atoms in total. The molecule has 4 heteroatoms. The largest absolute Gasteiger partial charge is 0.388 e. The van der Waals surface area contributed by atoms with Crippen LogP contribution in [0.5, 0.6) is 0 Å². The van der Waals surface area contributed by atoms with E-state index in [1.807, 2.05) is 37.3 Å². The van der Waals surface area contributed by atoms with Gasteiger partial charge in [0, 0.05) is 29.6 Å². The molecule has 0 spiro atoms. The van der Waals surface area contributed by atoms with Gasteiger partial charge in [-0.3, -0.25) is 0 Å². The first-order chi connectivity index (χ1) is 9.70. The number of aliphatic hydroxyl groups is 1. The molecule has 1 aliphatic carbocycles. The van der Waals surface area contributed by atoms with E-state index in [1.165, 1.54) is 0 Å². The van der Waals surface area contributed by atoms with Crippen molar-refractivity contribution in [1.29, 1.82) is 0 Å². The highest BCUT2D eigenvalue weighted by Gasteiger charge is 2.48. The first kappa shape index (κ1) is 13.7. The van der Waals surface area contributed by atoms with Crippen LogP contribution in [0.3, 0.4) is 0 Å². The molecule has 0 saturated heterocycles. The molecular formula is C16H20N2OS. The molecule has 1 aromatic carbocycles. The number of benzene rings is 1. The zero-order valence-electron chi connectivity index (χ0n) is 11.7. The molecule has 106 valence electrons. The number of aryl methyl sites for hydroxylation is 1. The fourth-order valence-electron chi connectivity index (χ4n) is 2.60. The number of nitrogens with one attached hydrogen (secondary N) is 1. The van der Waals surface area contributed by atoms with Crippen LogP contribution < -0.4 is 5.32 Å². The van der Waals surface area contributed by atoms with Gasteiger partial charge in [-0.25, -0.2) is 4.98 Å². The zero-order valence-corrected chi connectivity index (χ0v) is 12.5. The van der Waals surface area contributed by atoms with Gasteiger partial charge in [-0.05, 0) is 25.3 Å². The minimum absolute atomic E-state index is 0.0215. The van der Waals surface area contributed by atoms with Crippen LogP contribution in [0.1, 0.15) is 35.2 Å². The van der Waals surface area contributed by atoms with Gasteiger partial charge in [0.2, 0.25) is 0 Å². The van der Waals surface area contributed by atoms with Crippen molar-refractivity contribution >= 4 is 11.3 Å². The number of hydrogen-bond acceptors (Lipinski definition) is 4. The molecule has 3 rings (SSSR count). The minimum Gasteiger partial charge on any atom is -0.388 e. The normalized spacial score (nSPS) is 17.9. The predicted octanol–water partition coefficient (Wildman–Crippen LogP) is 3.05. The fourth-order valence-corrected chi connectivity index (χ4v) is 3.34. The molecule has 1 aromatic heterocycles. The van der Waals surface area contributed by atoms with Crippen molar-refractivity contribution in [3.05, 3.63) is 52.0 Å². The Morgan fingerprint density at radius 2 is 2.10 bits per heavy atom. The third-order valence-corrected chi connectivity index (χ3v) is 4.97. The van der Waals surface area contributed by atoms with Crippen LogP contribution >= 0.6 is 11.3 Å². The van der Waals surface area contributed by atoms with Crippen LogP contribution in [0, 0.1) is 12.3 Å². The van der Waals surface area contributed by atoms with Gasteiger partial charge in [0.25, 0.3) is 0 Å². The highest BCUT2D eigenvalue weighted by molar-refractivity contribution is 7.09. The Hall–Kier alpha value is -1.23. The monoisotopic (exact) mass is 288 g/mol. The first-order valence-corrected chi connectivity index (χ1v) is 7.92. The van der Waals surface area contributed by atoms with Crippen molar-refractivity contribution in [1.82, 2.24) is 10.3 Å². The Morgan fingerprint density at radius 3 is 2.70 bits per heavy atom. The molecule has 0 bridgehead atoms. The summed E-state index contributed by atoms with van der Waals surface area (Å²) in [5, 5.41) is 17.2. The Balaban J connectivity index is 1.57. The summed E-state index contributed by atoms with van der Waals surface area (Å²) in [6.07, 6.45) is 1.81. The average Bonchev–Trinajstić information content (AvgIpc) is 3.15. The molecule has 0 aliphatic heterocycles. The second-order valence-electron chi connectivity index (χ2n) is 5.66. The van der Waals surface area contributed by atoms with Crippen molar-refractivity contribution in [2.45, 2.75) is 32.4 Å². The van der Waals surface area contributed by atoms with Gasteiger partial charge < -0.3 is 10.4 Å². The maximum atomic E-state index is 10.6. The Bertz CT molecular complexity index is 563. The molecule has 1 unspecified atom stereocenters. The fraction of sp³-hybridized carbons (Fsp3) is 0.438. The topological polar surface area (TPSA) is 45.1 Å². The summed E-state index contributed by atoms with van der Waals surface area (Å²) >= 11 is 1.69. The molecule has 0 radical (unpaired) electrons. The Morgan fingerprint density at radius 1 is 1.35 bits per heavy atom. The van der Waals surface area contributed by atoms with Crippen molar-refractivity contribution < 1.29 is 5.11 Å². The van der Waals surface area contributed by atoms with E-state index in [0.29, 0.717) is 0 Å². The molecule has 0 amide bonds. The standard InChI is InChI=1S/C16H20N2OS/c1-12-10-20-14(18-12)9-17-11-16(7-8-16)15(19)13-5-3-2-4-6-13/h2-6,10,15,17,19H,7-9,11H2,1H3. The van der Waals surface area contributed by atoms with Crippen molar-refractivity contribution in [2.75, 3.05) is 6.54 Å². The van der Waals surface area contributed by atoms with Crippen molar-refractivity contribution in [3.8, 4) is 0 Å². The van der Waals surface area contributed by atoms with Crippen LogP contribution in [0.15, 0.2) is 35.7 Å². The second kappa shape index (κ2) is 5.64. The maximum Gasteiger partial charge on any atom is 0.107 e. The third-order valence-electron chi connectivity index (χ3n) is 4.01. The van der Waals surface area contributed by atoms with Crippen LogP contribution in [-0.4, -0.2) is 16.6 Å². The predicted molar refractivity (Wildman–Crippen MR) is 81.6 cm³/mol. The van der Waals surface area contributed by atoms with Gasteiger partial charge in [0.1, 0.15) is 5.01 Å². The van der Waals surface area contributed by atoms with Gasteiger partial charge in [0.05, 0.1) is 6.10 Å². The van der Waals surface area contributed by atoms with Crippen molar-refractivity contribution in [2.24, 2.45) is 5.41 Å². The summed E-state index contributed by atoms with van der Waals surface area (Å²) in [6.45, 7) is 3.66. The molecule has 2 N–H and O–H groups in total. The minimum atomic E-state index is -0.366. The van der Waals surface area contributed by atoms with E-state index >= 15 is 0 Å². The quantitative estimate of drug-likeness (QED) is 0.858. The lowest BCUT2D eigenvalue weighted by atomic mass is 9.93. The Labute approximate surface area is 123 Å². The van der Waals surface area contributed by atoms with Crippen molar-refractivity contribution in [3.63, 3.8) is 0 Å². The molecule has 1 aliphatic rings. The summed E-state index contributed by atoms with van der Waals surface area (Å²) in [4.78, 5) is 4.45. The third kappa shape index (κ3) is 2.92. The molecule has 20 heavy (non-hydrogen) atoms. The number of hydrogen-bond donors (Lipinski definition) is 2. The van der Waals surface area contributed by atoms with Crippen LogP contribution in [-0.2, 0) is 6.54 Å². The van der Waals surface area contributed by atoms with E-state index in [0.717, 1.165) is 42.2 Å². The van der Waals surface area contributed by atoms with E-state index in [-0.39, 0.29) is 11.5 Å². The maximum absolute atomic E-state index is 10.6. The highest BCUT2D eigenvalue weighted by atomic mass is 32.1. The number of aliphatic hydroxyl groups excluding tert-OH is 1. The molecule has 1 saturated carbocycles. The summed E-state index contributed by atoms with van der Waals surface area (Å²) in [6, 6.07) is 9.98.